The zero-order chi connectivity index (χ0) is 7.44. The summed E-state index contributed by atoms with van der Waals surface area (Å²) in [6, 6.07) is -0.150. The van der Waals surface area contributed by atoms with Gasteiger partial charge in [0, 0.05) is 0 Å². The molecule has 0 spiro atoms. The molecule has 0 aliphatic heterocycles. The van der Waals surface area contributed by atoms with Crippen LogP contribution in [0, 0.1) is 0 Å². The van der Waals surface area contributed by atoms with E-state index in [1.807, 2.05) is 0 Å². The number of carbonyl (C=O) groups is 1. The Morgan fingerprint density at radius 2 is 2.11 bits per heavy atom. The minimum atomic E-state index is -0.478. The fourth-order valence-electron chi connectivity index (χ4n) is 0.441. The lowest BCUT2D eigenvalue weighted by molar-refractivity contribution is 0.156. The average molecular weight is 129 g/mol. The topological polar surface area (TPSA) is 49.3 Å². The maximum atomic E-state index is 10.3. The van der Waals surface area contributed by atoms with Crippen LogP contribution in [0.25, 0.3) is 0 Å². The molecule has 52 valence electrons. The molecule has 1 unspecified atom stereocenters. The van der Waals surface area contributed by atoms with Gasteiger partial charge in [-0.1, -0.05) is 0 Å². The van der Waals surface area contributed by atoms with Crippen molar-refractivity contribution in [3.63, 3.8) is 0 Å². The molecule has 2 N–H and O–H groups in total. The van der Waals surface area contributed by atoms with Crippen LogP contribution in [0.1, 0.15) is 13.8 Å². The van der Waals surface area contributed by atoms with Crippen LogP contribution in [-0.4, -0.2) is 30.9 Å². The molecule has 0 saturated carbocycles. The number of carbonyl (C=O) groups excluding carboxylic acids is 1. The highest BCUT2D eigenvalue weighted by Crippen LogP contribution is 1.88. The van der Waals surface area contributed by atoms with Crippen molar-refractivity contribution in [3.05, 3.63) is 0 Å². The Balaban J connectivity index is 3.50. The molecule has 0 aromatic heterocycles. The molecule has 9 heavy (non-hydrogen) atoms. The van der Waals surface area contributed by atoms with Gasteiger partial charge in [-0.15, -0.1) is 0 Å². The molecule has 0 bridgehead atoms. The highest BCUT2D eigenvalue weighted by Gasteiger charge is 2.07. The van der Waals surface area contributed by atoms with Crippen LogP contribution in [0.4, 0.5) is 4.79 Å². The van der Waals surface area contributed by atoms with Gasteiger partial charge >= 0.3 is 0 Å². The number of nitrogens with one attached hydrogen (secondary N) is 1. The second kappa shape index (κ2) is 3.51. The molecule has 1 amide bonds. The summed E-state index contributed by atoms with van der Waals surface area (Å²) in [4.78, 5) is 10.3. The molecule has 0 fully saturated rings. The lowest BCUT2D eigenvalue weighted by Gasteiger charge is -2.14. The van der Waals surface area contributed by atoms with E-state index in [0.29, 0.717) is 0 Å². The first-order valence-corrected chi connectivity index (χ1v) is 2.99. The molecule has 0 rings (SSSR count). The van der Waals surface area contributed by atoms with Gasteiger partial charge < -0.3 is 10.4 Å². The first-order chi connectivity index (χ1) is 4.04. The van der Waals surface area contributed by atoms with Gasteiger partial charge in [-0.3, -0.25) is 4.79 Å². The van der Waals surface area contributed by atoms with E-state index >= 15 is 0 Å². The zero-order valence-electron chi connectivity index (χ0n) is 6.01. The van der Waals surface area contributed by atoms with Crippen molar-refractivity contribution in [1.29, 1.82) is 0 Å². The van der Waals surface area contributed by atoms with Crippen LogP contribution in [0.5, 0.6) is 0 Å². The molecular weight excluding hydrogens is 117 g/mol. The Hall–Kier alpha value is -0.505. The van der Waals surface area contributed by atoms with Gasteiger partial charge in [0.1, 0.15) is 0 Å². The Morgan fingerprint density at radius 1 is 1.67 bits per heavy atom. The summed E-state index contributed by atoms with van der Waals surface area (Å²) in [5, 5.41) is 11.4. The van der Waals surface area contributed by atoms with Crippen molar-refractivity contribution in [3.8, 4) is 0 Å². The number of amides is 1. The smallest absolute Gasteiger partial charge is 0.215 e. The molecule has 0 saturated heterocycles. The Bertz CT molecular complexity index is 105. The summed E-state index contributed by atoms with van der Waals surface area (Å²) in [6.07, 6.45) is -0.478. The lowest BCUT2D eigenvalue weighted by atomic mass is 10.1. The van der Waals surface area contributed by atoms with Gasteiger partial charge in [0.05, 0.1) is 12.1 Å². The van der Waals surface area contributed by atoms with Crippen LogP contribution in [-0.2, 0) is 0 Å². The van der Waals surface area contributed by atoms with E-state index in [-0.39, 0.29) is 11.8 Å². The fraction of sp³-hybridized carbons (Fsp3) is 0.800. The van der Waals surface area contributed by atoms with Gasteiger partial charge in [0.15, 0.2) is 5.81 Å². The summed E-state index contributed by atoms with van der Waals surface area (Å²) >= 11 is 0. The van der Waals surface area contributed by atoms with Crippen LogP contribution >= 0.6 is 0 Å². The summed E-state index contributed by atoms with van der Waals surface area (Å²) in [6.45, 7) is 3.40. The third-order valence-corrected chi connectivity index (χ3v) is 1.15. The average Bonchev–Trinajstić information content (AvgIpc) is 1.63. The zero-order valence-corrected chi connectivity index (χ0v) is 6.01. The highest BCUT2D eigenvalue weighted by atomic mass is 16.3. The molecule has 0 radical (unpaired) electrons. The van der Waals surface area contributed by atoms with Crippen molar-refractivity contribution >= 4 is 13.7 Å². The number of aliphatic hydroxyl groups excluding tert-OH is 1. The Morgan fingerprint density at radius 3 is 2.22 bits per heavy atom. The maximum Gasteiger partial charge on any atom is 0.215 e. The SMILES string of the molecule is BC(=O)NC(C)[C@H](C)O. The van der Waals surface area contributed by atoms with Crippen LogP contribution in [0.15, 0.2) is 0 Å². The molecule has 0 aliphatic rings. The molecule has 2 atom stereocenters. The molecular formula is C5H12BNO2. The van der Waals surface area contributed by atoms with Crippen molar-refractivity contribution in [1.82, 2.24) is 5.32 Å². The third kappa shape index (κ3) is 4.03. The summed E-state index contributed by atoms with van der Waals surface area (Å²) in [7, 11) is 1.43. The van der Waals surface area contributed by atoms with Crippen molar-refractivity contribution < 1.29 is 9.90 Å². The van der Waals surface area contributed by atoms with E-state index in [1.54, 1.807) is 13.8 Å². The van der Waals surface area contributed by atoms with Gasteiger partial charge in [-0.25, -0.2) is 0 Å². The first kappa shape index (κ1) is 8.49. The van der Waals surface area contributed by atoms with Crippen molar-refractivity contribution in [2.24, 2.45) is 0 Å². The van der Waals surface area contributed by atoms with E-state index < -0.39 is 6.10 Å². The quantitative estimate of drug-likeness (QED) is 0.474. The normalized spacial score (nSPS) is 16.3. The fourth-order valence-corrected chi connectivity index (χ4v) is 0.441. The number of hydrogen-bond donors (Lipinski definition) is 2. The lowest BCUT2D eigenvalue weighted by Crippen LogP contribution is -2.38. The number of rotatable bonds is 2. The monoisotopic (exact) mass is 129 g/mol. The summed E-state index contributed by atoms with van der Waals surface area (Å²) in [5.74, 6) is -0.108. The van der Waals surface area contributed by atoms with Crippen LogP contribution in [0.2, 0.25) is 0 Å². The Kier molecular flexibility index (Phi) is 3.31. The second-order valence-electron chi connectivity index (χ2n) is 2.23. The van der Waals surface area contributed by atoms with E-state index in [0.717, 1.165) is 0 Å². The highest BCUT2D eigenvalue weighted by molar-refractivity contribution is 6.57. The standard InChI is InChI=1S/C5H12BNO2/c1-3(4(2)8)7-5(6)9/h3-4,8H,6H2,1-2H3,(H,7,9)/t3?,4-/m0/s1. The predicted molar refractivity (Wildman–Crippen MR) is 38.2 cm³/mol. The van der Waals surface area contributed by atoms with E-state index in [4.69, 9.17) is 5.11 Å². The molecule has 0 aromatic carbocycles. The van der Waals surface area contributed by atoms with E-state index in [9.17, 15) is 4.79 Å². The minimum Gasteiger partial charge on any atom is -0.391 e. The van der Waals surface area contributed by atoms with Gasteiger partial charge in [-0.2, -0.15) is 0 Å². The van der Waals surface area contributed by atoms with Crippen LogP contribution < -0.4 is 5.32 Å². The van der Waals surface area contributed by atoms with Crippen molar-refractivity contribution in [2.75, 3.05) is 0 Å². The van der Waals surface area contributed by atoms with E-state index in [2.05, 4.69) is 5.32 Å². The Labute approximate surface area is 55.9 Å². The number of hydrogen-bond acceptors (Lipinski definition) is 2. The third-order valence-electron chi connectivity index (χ3n) is 1.15. The molecule has 0 heterocycles. The van der Waals surface area contributed by atoms with Gasteiger partial charge in [0.2, 0.25) is 7.85 Å². The van der Waals surface area contributed by atoms with Crippen molar-refractivity contribution in [2.45, 2.75) is 26.0 Å². The van der Waals surface area contributed by atoms with Gasteiger partial charge in [-0.05, 0) is 13.8 Å². The second-order valence-corrected chi connectivity index (χ2v) is 2.23. The van der Waals surface area contributed by atoms with E-state index in [1.165, 1.54) is 7.85 Å². The molecule has 4 heteroatoms. The predicted octanol–water partition coefficient (Wildman–Crippen LogP) is -0.902. The summed E-state index contributed by atoms with van der Waals surface area (Å²) < 4.78 is 0. The molecule has 0 aromatic rings. The van der Waals surface area contributed by atoms with Crippen LogP contribution in [0.3, 0.4) is 0 Å². The number of aliphatic hydroxyl groups is 1. The maximum absolute atomic E-state index is 10.3. The largest absolute Gasteiger partial charge is 0.391 e. The summed E-state index contributed by atoms with van der Waals surface area (Å²) in [5.41, 5.74) is 0. The minimum absolute atomic E-state index is 0.108. The molecule has 3 nitrogen and oxygen atoms in total. The van der Waals surface area contributed by atoms with Gasteiger partial charge in [0.25, 0.3) is 0 Å². The molecule has 0 aliphatic carbocycles. The first-order valence-electron chi connectivity index (χ1n) is 2.99.